The second kappa shape index (κ2) is 10.5. The van der Waals surface area contributed by atoms with Crippen molar-refractivity contribution in [2.75, 3.05) is 6.61 Å². The van der Waals surface area contributed by atoms with E-state index >= 15 is 0 Å². The third-order valence-corrected chi connectivity index (χ3v) is 6.12. The molecule has 0 radical (unpaired) electrons. The van der Waals surface area contributed by atoms with Gasteiger partial charge in [-0.1, -0.05) is 18.2 Å². The molecule has 0 N–H and O–H groups in total. The van der Waals surface area contributed by atoms with Crippen LogP contribution in [-0.4, -0.2) is 13.0 Å². The molecule has 0 saturated carbocycles. The fourth-order valence-corrected chi connectivity index (χ4v) is 4.25. The Morgan fingerprint density at radius 1 is 0.865 bits per heavy atom. The van der Waals surface area contributed by atoms with Gasteiger partial charge in [0.15, 0.2) is 11.6 Å². The Labute approximate surface area is 207 Å². The van der Waals surface area contributed by atoms with Crippen LogP contribution >= 0.6 is 0 Å². The summed E-state index contributed by atoms with van der Waals surface area (Å²) in [7, 11) is 0. The van der Waals surface area contributed by atoms with Gasteiger partial charge in [-0.3, -0.25) is 0 Å². The van der Waals surface area contributed by atoms with Crippen LogP contribution in [0.2, 0.25) is 0 Å². The SMILES string of the molecule is C=CC1CCC(c2ccc(-c3cc(F)c(Cc4cc(F)c(OC(F)(F)F)c(F)c4)c(F)c3)c(F)c2)OC1. The van der Waals surface area contributed by atoms with Gasteiger partial charge in [-0.25, -0.2) is 22.0 Å². The predicted octanol–water partition coefficient (Wildman–Crippen LogP) is 8.19. The summed E-state index contributed by atoms with van der Waals surface area (Å²) >= 11 is 0. The number of halogens is 8. The first-order valence-electron chi connectivity index (χ1n) is 11.2. The quantitative estimate of drug-likeness (QED) is 0.237. The van der Waals surface area contributed by atoms with E-state index in [9.17, 15) is 35.1 Å². The third-order valence-electron chi connectivity index (χ3n) is 6.12. The molecule has 1 aliphatic rings. The highest BCUT2D eigenvalue weighted by atomic mass is 19.4. The van der Waals surface area contributed by atoms with Crippen LogP contribution in [0.5, 0.6) is 5.75 Å². The molecule has 2 unspecified atom stereocenters. The Balaban J connectivity index is 1.56. The summed E-state index contributed by atoms with van der Waals surface area (Å²) in [6, 6.07) is 6.95. The van der Waals surface area contributed by atoms with Crippen molar-refractivity contribution in [3.8, 4) is 16.9 Å². The molecule has 3 aromatic rings. The summed E-state index contributed by atoms with van der Waals surface area (Å²) in [4.78, 5) is 0. The molecule has 0 spiro atoms. The molecule has 2 nitrogen and oxygen atoms in total. The Morgan fingerprint density at radius 3 is 2.03 bits per heavy atom. The van der Waals surface area contributed by atoms with Crippen LogP contribution in [0, 0.1) is 35.0 Å². The van der Waals surface area contributed by atoms with Crippen molar-refractivity contribution in [2.45, 2.75) is 31.7 Å². The van der Waals surface area contributed by atoms with Crippen LogP contribution in [0.3, 0.4) is 0 Å². The predicted molar refractivity (Wildman–Crippen MR) is 119 cm³/mol. The second-order valence-corrected chi connectivity index (χ2v) is 8.67. The maximum Gasteiger partial charge on any atom is 0.573 e. The zero-order valence-electron chi connectivity index (χ0n) is 19.1. The molecule has 1 heterocycles. The second-order valence-electron chi connectivity index (χ2n) is 8.67. The fraction of sp³-hybridized carbons (Fsp3) is 0.259. The summed E-state index contributed by atoms with van der Waals surface area (Å²) in [5.41, 5.74) is -0.527. The fourth-order valence-electron chi connectivity index (χ4n) is 4.25. The average molecular weight is 528 g/mol. The molecular formula is C27H20F8O2. The van der Waals surface area contributed by atoms with E-state index in [-0.39, 0.29) is 28.7 Å². The van der Waals surface area contributed by atoms with Gasteiger partial charge in [0.25, 0.3) is 0 Å². The molecule has 0 aromatic heterocycles. The summed E-state index contributed by atoms with van der Waals surface area (Å²) < 4.78 is 118. The van der Waals surface area contributed by atoms with Crippen LogP contribution in [0.25, 0.3) is 11.1 Å². The molecule has 4 rings (SSSR count). The lowest BCUT2D eigenvalue weighted by atomic mass is 9.93. The van der Waals surface area contributed by atoms with E-state index in [4.69, 9.17) is 4.74 Å². The van der Waals surface area contributed by atoms with Gasteiger partial charge >= 0.3 is 6.36 Å². The van der Waals surface area contributed by atoms with E-state index in [1.807, 2.05) is 0 Å². The zero-order chi connectivity index (χ0) is 26.9. The van der Waals surface area contributed by atoms with Gasteiger partial charge in [0, 0.05) is 23.5 Å². The molecule has 3 aromatic carbocycles. The number of benzene rings is 3. The summed E-state index contributed by atoms with van der Waals surface area (Å²) in [6.45, 7) is 4.19. The highest BCUT2D eigenvalue weighted by molar-refractivity contribution is 5.65. The summed E-state index contributed by atoms with van der Waals surface area (Å²) in [5, 5.41) is 0. The Kier molecular flexibility index (Phi) is 7.59. The molecule has 37 heavy (non-hydrogen) atoms. The Bertz CT molecular complexity index is 1260. The monoisotopic (exact) mass is 528 g/mol. The Hall–Kier alpha value is -3.40. The van der Waals surface area contributed by atoms with Gasteiger partial charge < -0.3 is 9.47 Å². The van der Waals surface area contributed by atoms with Crippen molar-refractivity contribution in [3.05, 3.63) is 101 Å². The average Bonchev–Trinajstić information content (AvgIpc) is 2.83. The van der Waals surface area contributed by atoms with E-state index in [0.717, 1.165) is 18.6 Å². The van der Waals surface area contributed by atoms with E-state index in [1.54, 1.807) is 12.1 Å². The number of ether oxygens (including phenoxy) is 2. The number of rotatable bonds is 6. The first-order chi connectivity index (χ1) is 17.4. The topological polar surface area (TPSA) is 18.5 Å². The maximum atomic E-state index is 14.9. The molecule has 0 bridgehead atoms. The van der Waals surface area contributed by atoms with E-state index in [1.165, 1.54) is 12.1 Å². The number of hydrogen-bond acceptors (Lipinski definition) is 2. The van der Waals surface area contributed by atoms with Crippen molar-refractivity contribution < 1.29 is 44.6 Å². The third kappa shape index (κ3) is 6.12. The van der Waals surface area contributed by atoms with Crippen LogP contribution in [-0.2, 0) is 11.2 Å². The molecule has 0 amide bonds. The maximum absolute atomic E-state index is 14.9. The normalized spacial score (nSPS) is 18.1. The molecule has 1 fully saturated rings. The summed E-state index contributed by atoms with van der Waals surface area (Å²) in [6.07, 6.45) is -3.02. The minimum Gasteiger partial charge on any atom is -0.399 e. The standard InChI is InChI=1S/C27H20F8O2/c1-2-14-3-6-25(36-13-14)16-4-5-18(20(28)10-16)17-11-21(29)19(22(30)12-17)7-15-8-23(31)26(24(32)9-15)37-27(33,34)35/h2,4-5,8-12,14,25H,1,3,6-7,13H2. The lowest BCUT2D eigenvalue weighted by Gasteiger charge is -2.27. The van der Waals surface area contributed by atoms with Gasteiger partial charge in [-0.15, -0.1) is 19.8 Å². The molecule has 1 aliphatic heterocycles. The Morgan fingerprint density at radius 2 is 1.51 bits per heavy atom. The van der Waals surface area contributed by atoms with Crippen molar-refractivity contribution in [2.24, 2.45) is 5.92 Å². The smallest absolute Gasteiger partial charge is 0.399 e. The molecule has 10 heteroatoms. The number of hydrogen-bond donors (Lipinski definition) is 0. The molecule has 196 valence electrons. The van der Waals surface area contributed by atoms with Gasteiger partial charge in [-0.05, 0) is 59.9 Å². The van der Waals surface area contributed by atoms with Crippen LogP contribution in [0.4, 0.5) is 35.1 Å². The number of alkyl halides is 3. The van der Waals surface area contributed by atoms with Crippen molar-refractivity contribution in [1.29, 1.82) is 0 Å². The zero-order valence-corrected chi connectivity index (χ0v) is 19.1. The minimum absolute atomic E-state index is 0.0707. The lowest BCUT2D eigenvalue weighted by molar-refractivity contribution is -0.276. The highest BCUT2D eigenvalue weighted by Gasteiger charge is 2.34. The van der Waals surface area contributed by atoms with E-state index in [2.05, 4.69) is 11.3 Å². The molecule has 2 atom stereocenters. The van der Waals surface area contributed by atoms with Gasteiger partial charge in [0.2, 0.25) is 5.75 Å². The first kappa shape index (κ1) is 26.7. The molecule has 1 saturated heterocycles. The summed E-state index contributed by atoms with van der Waals surface area (Å²) in [5.74, 6) is -7.79. The largest absolute Gasteiger partial charge is 0.573 e. The molecular weight excluding hydrogens is 508 g/mol. The van der Waals surface area contributed by atoms with Gasteiger partial charge in [0.05, 0.1) is 12.7 Å². The van der Waals surface area contributed by atoms with E-state index < -0.39 is 53.2 Å². The van der Waals surface area contributed by atoms with Crippen molar-refractivity contribution >= 4 is 0 Å². The van der Waals surface area contributed by atoms with E-state index in [0.29, 0.717) is 30.7 Å². The van der Waals surface area contributed by atoms with Gasteiger partial charge in [0.1, 0.15) is 17.5 Å². The lowest BCUT2D eigenvalue weighted by Crippen LogP contribution is -2.19. The minimum atomic E-state index is -5.33. The van der Waals surface area contributed by atoms with Crippen LogP contribution in [0.1, 0.15) is 35.6 Å². The molecule has 0 aliphatic carbocycles. The van der Waals surface area contributed by atoms with Crippen LogP contribution < -0.4 is 4.74 Å². The van der Waals surface area contributed by atoms with Crippen LogP contribution in [0.15, 0.2) is 55.1 Å². The van der Waals surface area contributed by atoms with Crippen molar-refractivity contribution in [3.63, 3.8) is 0 Å². The highest BCUT2D eigenvalue weighted by Crippen LogP contribution is 2.35. The van der Waals surface area contributed by atoms with Gasteiger partial charge in [-0.2, -0.15) is 0 Å². The van der Waals surface area contributed by atoms with Crippen molar-refractivity contribution in [1.82, 2.24) is 0 Å². The first-order valence-corrected chi connectivity index (χ1v) is 11.2.